The van der Waals surface area contributed by atoms with Crippen LogP contribution in [-0.4, -0.2) is 0 Å². The Balaban J connectivity index is 3.21. The van der Waals surface area contributed by atoms with Crippen LogP contribution in [0.4, 0.5) is 0 Å². The van der Waals surface area contributed by atoms with Gasteiger partial charge in [0.1, 0.15) is 4.49 Å². The van der Waals surface area contributed by atoms with E-state index in [0.29, 0.717) is 5.02 Å². The van der Waals surface area contributed by atoms with Crippen molar-refractivity contribution in [3.05, 3.63) is 39.3 Å². The molecule has 0 saturated carbocycles. The van der Waals surface area contributed by atoms with Gasteiger partial charge in [0, 0.05) is 5.02 Å². The summed E-state index contributed by atoms with van der Waals surface area (Å²) >= 11 is 17.2. The molecular formula is C9H7Cl3. The molecule has 1 rings (SSSR count). The molecule has 0 atom stereocenters. The summed E-state index contributed by atoms with van der Waals surface area (Å²) < 4.78 is 0.253. The quantitative estimate of drug-likeness (QED) is 0.655. The molecule has 0 radical (unpaired) electrons. The molecule has 0 saturated heterocycles. The molecule has 0 N–H and O–H groups in total. The minimum atomic E-state index is 0.253. The SMILES string of the molecule is CC(=C(Cl)Cl)c1ccccc1Cl. The van der Waals surface area contributed by atoms with Crippen molar-refractivity contribution in [2.45, 2.75) is 6.92 Å². The lowest BCUT2D eigenvalue weighted by Crippen LogP contribution is -1.80. The molecular weight excluding hydrogens is 214 g/mol. The lowest BCUT2D eigenvalue weighted by atomic mass is 10.1. The molecule has 0 heterocycles. The number of allylic oxidation sites excluding steroid dienone is 1. The summed E-state index contributed by atoms with van der Waals surface area (Å²) in [5.74, 6) is 0. The van der Waals surface area contributed by atoms with Gasteiger partial charge in [-0.3, -0.25) is 0 Å². The maximum absolute atomic E-state index is 5.91. The molecule has 0 nitrogen and oxygen atoms in total. The van der Waals surface area contributed by atoms with E-state index in [-0.39, 0.29) is 4.49 Å². The van der Waals surface area contributed by atoms with Gasteiger partial charge in [0.15, 0.2) is 0 Å². The van der Waals surface area contributed by atoms with Gasteiger partial charge in [-0.15, -0.1) is 0 Å². The third kappa shape index (κ3) is 2.16. The maximum Gasteiger partial charge on any atom is 0.110 e. The van der Waals surface area contributed by atoms with Crippen molar-refractivity contribution in [2.75, 3.05) is 0 Å². The predicted molar refractivity (Wildman–Crippen MR) is 55.8 cm³/mol. The zero-order chi connectivity index (χ0) is 9.14. The summed E-state index contributed by atoms with van der Waals surface area (Å²) in [4.78, 5) is 0. The predicted octanol–water partition coefficient (Wildman–Crippen LogP) is 4.51. The Hall–Kier alpha value is -0.170. The first-order chi connectivity index (χ1) is 5.63. The molecule has 64 valence electrons. The molecule has 0 aromatic heterocycles. The minimum Gasteiger partial charge on any atom is -0.0837 e. The zero-order valence-corrected chi connectivity index (χ0v) is 8.71. The van der Waals surface area contributed by atoms with E-state index in [0.717, 1.165) is 11.1 Å². The summed E-state index contributed by atoms with van der Waals surface area (Å²) in [5.41, 5.74) is 1.67. The highest BCUT2D eigenvalue weighted by Gasteiger charge is 2.03. The van der Waals surface area contributed by atoms with Crippen LogP contribution in [0.5, 0.6) is 0 Å². The Bertz CT molecular complexity index is 311. The minimum absolute atomic E-state index is 0.253. The van der Waals surface area contributed by atoms with E-state index < -0.39 is 0 Å². The molecule has 0 bridgehead atoms. The number of benzene rings is 1. The number of halogens is 3. The molecule has 0 amide bonds. The third-order valence-corrected chi connectivity index (χ3v) is 2.46. The van der Waals surface area contributed by atoms with Crippen molar-refractivity contribution in [2.24, 2.45) is 0 Å². The Morgan fingerprint density at radius 1 is 1.17 bits per heavy atom. The van der Waals surface area contributed by atoms with Crippen LogP contribution in [0.1, 0.15) is 12.5 Å². The second-order valence-electron chi connectivity index (χ2n) is 2.37. The van der Waals surface area contributed by atoms with Gasteiger partial charge in [-0.1, -0.05) is 53.0 Å². The van der Waals surface area contributed by atoms with E-state index >= 15 is 0 Å². The maximum atomic E-state index is 5.91. The first-order valence-electron chi connectivity index (χ1n) is 3.39. The van der Waals surface area contributed by atoms with Gasteiger partial charge in [0.2, 0.25) is 0 Å². The lowest BCUT2D eigenvalue weighted by molar-refractivity contribution is 1.57. The molecule has 1 aromatic carbocycles. The van der Waals surface area contributed by atoms with Crippen LogP contribution in [0.2, 0.25) is 5.02 Å². The van der Waals surface area contributed by atoms with Crippen LogP contribution in [0.15, 0.2) is 28.8 Å². The molecule has 0 fully saturated rings. The molecule has 3 heteroatoms. The second-order valence-corrected chi connectivity index (χ2v) is 3.72. The highest BCUT2D eigenvalue weighted by atomic mass is 35.5. The normalized spacial score (nSPS) is 9.67. The summed E-state index contributed by atoms with van der Waals surface area (Å²) in [7, 11) is 0. The van der Waals surface area contributed by atoms with E-state index in [2.05, 4.69) is 0 Å². The van der Waals surface area contributed by atoms with E-state index in [1.165, 1.54) is 0 Å². The molecule has 1 aromatic rings. The van der Waals surface area contributed by atoms with Crippen LogP contribution >= 0.6 is 34.8 Å². The third-order valence-electron chi connectivity index (χ3n) is 1.56. The Labute approximate surface area is 86.7 Å². The Morgan fingerprint density at radius 3 is 2.25 bits per heavy atom. The van der Waals surface area contributed by atoms with Gasteiger partial charge in [0.05, 0.1) is 0 Å². The van der Waals surface area contributed by atoms with Gasteiger partial charge in [0.25, 0.3) is 0 Å². The number of rotatable bonds is 1. The van der Waals surface area contributed by atoms with Crippen molar-refractivity contribution >= 4 is 40.4 Å². The van der Waals surface area contributed by atoms with Crippen molar-refractivity contribution in [3.63, 3.8) is 0 Å². The van der Waals surface area contributed by atoms with Gasteiger partial charge in [-0.2, -0.15) is 0 Å². The molecule has 0 aliphatic carbocycles. The first kappa shape index (κ1) is 9.91. The largest absolute Gasteiger partial charge is 0.110 e. The van der Waals surface area contributed by atoms with Gasteiger partial charge >= 0.3 is 0 Å². The van der Waals surface area contributed by atoms with Gasteiger partial charge in [-0.25, -0.2) is 0 Å². The fraction of sp³-hybridized carbons (Fsp3) is 0.111. The lowest BCUT2D eigenvalue weighted by Gasteiger charge is -2.03. The van der Waals surface area contributed by atoms with Crippen molar-refractivity contribution < 1.29 is 0 Å². The van der Waals surface area contributed by atoms with Gasteiger partial charge in [-0.05, 0) is 24.1 Å². The number of hydrogen-bond donors (Lipinski definition) is 0. The van der Waals surface area contributed by atoms with E-state index in [4.69, 9.17) is 34.8 Å². The molecule has 0 spiro atoms. The van der Waals surface area contributed by atoms with Crippen molar-refractivity contribution in [1.82, 2.24) is 0 Å². The van der Waals surface area contributed by atoms with Crippen LogP contribution in [0.3, 0.4) is 0 Å². The first-order valence-corrected chi connectivity index (χ1v) is 4.53. The second kappa shape index (κ2) is 4.18. The van der Waals surface area contributed by atoms with Crippen LogP contribution in [-0.2, 0) is 0 Å². The van der Waals surface area contributed by atoms with Crippen LogP contribution in [0, 0.1) is 0 Å². The van der Waals surface area contributed by atoms with E-state index in [1.807, 2.05) is 25.1 Å². The van der Waals surface area contributed by atoms with E-state index in [1.54, 1.807) is 6.07 Å². The highest BCUT2D eigenvalue weighted by Crippen LogP contribution is 2.28. The molecule has 12 heavy (non-hydrogen) atoms. The Morgan fingerprint density at radius 2 is 1.75 bits per heavy atom. The smallest absolute Gasteiger partial charge is 0.0837 e. The standard InChI is InChI=1S/C9H7Cl3/c1-6(9(11)12)7-4-2-3-5-8(7)10/h2-5H,1H3. The summed E-state index contributed by atoms with van der Waals surface area (Å²) in [6.45, 7) is 1.83. The zero-order valence-electron chi connectivity index (χ0n) is 6.44. The highest BCUT2D eigenvalue weighted by molar-refractivity contribution is 6.58. The van der Waals surface area contributed by atoms with Crippen LogP contribution in [0.25, 0.3) is 5.57 Å². The van der Waals surface area contributed by atoms with Crippen molar-refractivity contribution in [1.29, 1.82) is 0 Å². The fourth-order valence-electron chi connectivity index (χ4n) is 0.867. The molecule has 0 aliphatic heterocycles. The summed E-state index contributed by atoms with van der Waals surface area (Å²) in [5, 5.41) is 0.661. The Kier molecular flexibility index (Phi) is 3.45. The van der Waals surface area contributed by atoms with E-state index in [9.17, 15) is 0 Å². The van der Waals surface area contributed by atoms with Crippen LogP contribution < -0.4 is 0 Å². The molecule has 0 unspecified atom stereocenters. The number of hydrogen-bond acceptors (Lipinski definition) is 0. The molecule has 0 aliphatic rings. The topological polar surface area (TPSA) is 0 Å². The van der Waals surface area contributed by atoms with Gasteiger partial charge < -0.3 is 0 Å². The fourth-order valence-corrected chi connectivity index (χ4v) is 1.35. The average molecular weight is 222 g/mol. The van der Waals surface area contributed by atoms with Crippen molar-refractivity contribution in [3.8, 4) is 0 Å². The monoisotopic (exact) mass is 220 g/mol. The average Bonchev–Trinajstić information content (AvgIpc) is 2.04. The summed E-state index contributed by atoms with van der Waals surface area (Å²) in [6.07, 6.45) is 0. The summed E-state index contributed by atoms with van der Waals surface area (Å²) in [6, 6.07) is 7.43.